The van der Waals surface area contributed by atoms with Crippen LogP contribution in [-0.4, -0.2) is 31.2 Å². The van der Waals surface area contributed by atoms with E-state index in [0.717, 1.165) is 11.1 Å². The van der Waals surface area contributed by atoms with Crippen LogP contribution in [0.5, 0.6) is 0 Å². The van der Waals surface area contributed by atoms with E-state index in [2.05, 4.69) is 15.1 Å². The number of aromatic nitrogens is 2. The summed E-state index contributed by atoms with van der Waals surface area (Å²) in [6.07, 6.45) is 0.859. The van der Waals surface area contributed by atoms with Crippen LogP contribution in [0.4, 0.5) is 10.5 Å². The van der Waals surface area contributed by atoms with Gasteiger partial charge < -0.3 is 10.4 Å². The van der Waals surface area contributed by atoms with Crippen LogP contribution in [0, 0.1) is 4.78 Å². The summed E-state index contributed by atoms with van der Waals surface area (Å²) in [7, 11) is -3.67. The number of nitrogens with zero attached hydrogens (tertiary/aromatic N) is 2. The number of urea groups is 1. The molecule has 8 nitrogen and oxygen atoms in total. The first-order valence-electron chi connectivity index (χ1n) is 9.33. The number of amides is 2. The third kappa shape index (κ3) is 5.94. The highest BCUT2D eigenvalue weighted by molar-refractivity contribution is 7.91. The number of hydrogen-bond acceptors (Lipinski definition) is 5. The topological polar surface area (TPSA) is 120 Å². The van der Waals surface area contributed by atoms with Crippen molar-refractivity contribution in [2.45, 2.75) is 64.1 Å². The van der Waals surface area contributed by atoms with E-state index in [4.69, 9.17) is 16.4 Å². The Morgan fingerprint density at radius 1 is 1.24 bits per heavy atom. The fourth-order valence-electron chi connectivity index (χ4n) is 2.90. The van der Waals surface area contributed by atoms with Gasteiger partial charge in [-0.2, -0.15) is 5.10 Å². The zero-order valence-corrected chi connectivity index (χ0v) is 18.8. The Morgan fingerprint density at radius 3 is 2.28 bits per heavy atom. The van der Waals surface area contributed by atoms with Crippen molar-refractivity contribution in [3.05, 3.63) is 40.5 Å². The molecule has 160 valence electrons. The van der Waals surface area contributed by atoms with Gasteiger partial charge in [-0.1, -0.05) is 39.3 Å². The van der Waals surface area contributed by atoms with Gasteiger partial charge in [-0.3, -0.25) is 4.68 Å². The highest BCUT2D eigenvalue weighted by Gasteiger charge is 2.21. The van der Waals surface area contributed by atoms with Crippen LogP contribution >= 0.6 is 11.6 Å². The summed E-state index contributed by atoms with van der Waals surface area (Å²) in [5.74, 6) is 0.191. The molecule has 1 unspecified atom stereocenters. The van der Waals surface area contributed by atoms with Crippen molar-refractivity contribution < 1.29 is 14.1 Å². The van der Waals surface area contributed by atoms with Crippen LogP contribution < -0.4 is 10.0 Å². The summed E-state index contributed by atoms with van der Waals surface area (Å²) < 4.78 is 24.4. The lowest BCUT2D eigenvalue weighted by atomic mass is 9.92. The van der Waals surface area contributed by atoms with E-state index in [1.807, 2.05) is 27.7 Å². The summed E-state index contributed by atoms with van der Waals surface area (Å²) in [6.45, 7) is 9.74. The van der Waals surface area contributed by atoms with E-state index in [0.29, 0.717) is 10.7 Å². The molecule has 0 saturated carbocycles. The van der Waals surface area contributed by atoms with Gasteiger partial charge in [0.1, 0.15) is 0 Å². The highest BCUT2D eigenvalue weighted by atomic mass is 35.5. The number of halogens is 1. The Bertz CT molecular complexity index is 954. The van der Waals surface area contributed by atoms with Crippen molar-refractivity contribution in [2.24, 2.45) is 0 Å². The van der Waals surface area contributed by atoms with Crippen molar-refractivity contribution >= 4 is 33.2 Å². The monoisotopic (exact) mass is 441 g/mol. The summed E-state index contributed by atoms with van der Waals surface area (Å²) >= 11 is 6.24. The largest absolute Gasteiger partial charge is 0.391 e. The quantitative estimate of drug-likeness (QED) is 0.511. The molecule has 2 rings (SSSR count). The Balaban J connectivity index is 2.27. The van der Waals surface area contributed by atoms with Gasteiger partial charge in [-0.15, -0.1) is 0 Å². The van der Waals surface area contributed by atoms with Crippen molar-refractivity contribution in [3.8, 4) is 0 Å². The molecule has 0 fully saturated rings. The lowest BCUT2D eigenvalue weighted by molar-refractivity contribution is 0.168. The van der Waals surface area contributed by atoms with Gasteiger partial charge in [0, 0.05) is 16.9 Å². The van der Waals surface area contributed by atoms with Crippen LogP contribution in [0.15, 0.2) is 29.4 Å². The van der Waals surface area contributed by atoms with Gasteiger partial charge in [0.15, 0.2) is 14.9 Å². The fraction of sp³-hybridized carbons (Fsp3) is 0.474. The minimum Gasteiger partial charge on any atom is -0.391 e. The van der Waals surface area contributed by atoms with Crippen LogP contribution in [0.2, 0.25) is 5.02 Å². The number of anilines is 1. The first-order valence-corrected chi connectivity index (χ1v) is 11.3. The molecule has 0 spiro atoms. The molecule has 0 bridgehead atoms. The number of aliphatic hydroxyl groups is 1. The van der Waals surface area contributed by atoms with Gasteiger partial charge >= 0.3 is 6.03 Å². The maximum atomic E-state index is 12.7. The van der Waals surface area contributed by atoms with E-state index in [-0.39, 0.29) is 23.4 Å². The van der Waals surface area contributed by atoms with Crippen LogP contribution in [-0.2, 0) is 16.5 Å². The zero-order valence-electron chi connectivity index (χ0n) is 17.2. The zero-order chi connectivity index (χ0) is 21.9. The Morgan fingerprint density at radius 2 is 1.79 bits per heavy atom. The molecule has 0 aliphatic heterocycles. The number of nitrogens with one attached hydrogen (secondary N) is 3. The SMILES string of the molecule is CC(C)c1cc(Cl)cc(C(C)C)c1NC(=O)NS(=N)(=O)c1ccn(C[C@H](C)O)n1. The Labute approximate surface area is 176 Å². The maximum Gasteiger partial charge on any atom is 0.332 e. The number of aliphatic hydroxyl groups excluding tert-OH is 1. The highest BCUT2D eigenvalue weighted by Crippen LogP contribution is 2.35. The molecule has 0 radical (unpaired) electrons. The molecular formula is C19H28ClN5O3S. The van der Waals surface area contributed by atoms with Crippen molar-refractivity contribution in [3.63, 3.8) is 0 Å². The van der Waals surface area contributed by atoms with E-state index in [1.165, 1.54) is 16.9 Å². The molecule has 0 saturated heterocycles. The second-order valence-electron chi connectivity index (χ2n) is 7.61. The molecule has 4 N–H and O–H groups in total. The average Bonchev–Trinajstić information content (AvgIpc) is 3.03. The number of carbonyl (C=O) groups is 1. The smallest absolute Gasteiger partial charge is 0.332 e. The van der Waals surface area contributed by atoms with E-state index in [9.17, 15) is 14.1 Å². The van der Waals surface area contributed by atoms with Gasteiger partial charge in [0.05, 0.1) is 12.6 Å². The van der Waals surface area contributed by atoms with Gasteiger partial charge in [-0.05, 0) is 48.1 Å². The van der Waals surface area contributed by atoms with Crippen molar-refractivity contribution in [1.82, 2.24) is 14.5 Å². The van der Waals surface area contributed by atoms with Crippen LogP contribution in [0.3, 0.4) is 0 Å². The lowest BCUT2D eigenvalue weighted by Gasteiger charge is -2.21. The molecule has 0 aliphatic rings. The van der Waals surface area contributed by atoms with Crippen LogP contribution in [0.1, 0.15) is 57.6 Å². The lowest BCUT2D eigenvalue weighted by Crippen LogP contribution is -2.34. The van der Waals surface area contributed by atoms with Gasteiger partial charge in [-0.25, -0.2) is 18.5 Å². The summed E-state index contributed by atoms with van der Waals surface area (Å²) in [5.41, 5.74) is 2.31. The minimum atomic E-state index is -3.67. The Kier molecular flexibility index (Phi) is 7.31. The van der Waals surface area contributed by atoms with Crippen LogP contribution in [0.25, 0.3) is 0 Å². The Hall–Kier alpha value is -2.10. The minimum absolute atomic E-state index is 0.0856. The normalized spacial score (nSPS) is 14.7. The predicted molar refractivity (Wildman–Crippen MR) is 115 cm³/mol. The third-order valence-electron chi connectivity index (χ3n) is 4.25. The van der Waals surface area contributed by atoms with Crippen molar-refractivity contribution in [1.29, 1.82) is 4.78 Å². The van der Waals surface area contributed by atoms with E-state index in [1.54, 1.807) is 19.1 Å². The number of benzene rings is 1. The molecule has 10 heteroatoms. The molecule has 2 aromatic rings. The molecule has 29 heavy (non-hydrogen) atoms. The molecule has 1 aromatic heterocycles. The van der Waals surface area contributed by atoms with Crippen molar-refractivity contribution in [2.75, 3.05) is 5.32 Å². The maximum absolute atomic E-state index is 12.7. The summed E-state index contributed by atoms with van der Waals surface area (Å²) in [5, 5.41) is 16.7. The van der Waals surface area contributed by atoms with Gasteiger partial charge in [0.2, 0.25) is 0 Å². The van der Waals surface area contributed by atoms with E-state index >= 15 is 0 Å². The molecule has 1 aromatic carbocycles. The molecule has 1 heterocycles. The molecular weight excluding hydrogens is 414 g/mol. The third-order valence-corrected chi connectivity index (χ3v) is 5.74. The second-order valence-corrected chi connectivity index (χ2v) is 9.78. The first kappa shape index (κ1) is 23.2. The van der Waals surface area contributed by atoms with E-state index < -0.39 is 22.1 Å². The predicted octanol–water partition coefficient (Wildman–Crippen LogP) is 4.31. The summed E-state index contributed by atoms with van der Waals surface area (Å²) in [6, 6.07) is 4.22. The van der Waals surface area contributed by atoms with Gasteiger partial charge in [0.25, 0.3) is 0 Å². The standard InChI is InChI=1S/C19H28ClN5O3S/c1-11(2)15-8-14(20)9-16(12(3)4)18(15)22-19(27)24-29(21,28)17-6-7-25(23-17)10-13(5)26/h6-9,11-13,26H,10H2,1-5H3,(H3,21,22,24,27,28)/t13-,29?/m0/s1. The fourth-order valence-corrected chi connectivity index (χ4v) is 4.02. The number of carbonyl (C=O) groups excluding carboxylic acids is 1. The summed E-state index contributed by atoms with van der Waals surface area (Å²) in [4.78, 5) is 12.6. The average molecular weight is 442 g/mol. The molecule has 2 atom stereocenters. The number of rotatable bonds is 7. The molecule has 2 amide bonds. The molecule has 0 aliphatic carbocycles. The first-order chi connectivity index (χ1) is 13.4. The number of hydrogen-bond donors (Lipinski definition) is 4. The second kappa shape index (κ2) is 9.15.